The molecular weight excluding hydrogens is 164 g/mol. The largest absolute Gasteiger partial charge is 0.316 e. The van der Waals surface area contributed by atoms with Crippen LogP contribution in [-0.2, 0) is 6.54 Å². The summed E-state index contributed by atoms with van der Waals surface area (Å²) >= 11 is 0. The summed E-state index contributed by atoms with van der Waals surface area (Å²) < 4.78 is 1.81. The molecule has 0 fully saturated rings. The van der Waals surface area contributed by atoms with E-state index in [4.69, 9.17) is 0 Å². The molecule has 0 saturated carbocycles. The zero-order valence-corrected chi connectivity index (χ0v) is 7.78. The number of hydrogen-bond acceptors (Lipinski definition) is 3. The van der Waals surface area contributed by atoms with E-state index in [1.165, 1.54) is 5.56 Å². The Morgan fingerprint density at radius 3 is 3.08 bits per heavy atom. The number of aromatic nitrogens is 3. The van der Waals surface area contributed by atoms with E-state index in [1.807, 2.05) is 30.8 Å². The standard InChI is InChI=1S/C9H12N4/c1-7-11-9-4-3-8(5-10-2)6-13(9)12-7/h3-4,6,10H,5H2,1-2H3. The lowest BCUT2D eigenvalue weighted by molar-refractivity contribution is 0.801. The Hall–Kier alpha value is -1.42. The first-order valence-electron chi connectivity index (χ1n) is 4.26. The quantitative estimate of drug-likeness (QED) is 0.734. The van der Waals surface area contributed by atoms with Gasteiger partial charge in [0.05, 0.1) is 0 Å². The Labute approximate surface area is 76.6 Å². The molecule has 0 aliphatic carbocycles. The number of hydrogen-bond donors (Lipinski definition) is 1. The minimum Gasteiger partial charge on any atom is -0.316 e. The Balaban J connectivity index is 2.48. The number of nitrogens with one attached hydrogen (secondary N) is 1. The summed E-state index contributed by atoms with van der Waals surface area (Å²) in [4.78, 5) is 4.25. The zero-order valence-electron chi connectivity index (χ0n) is 7.78. The fourth-order valence-corrected chi connectivity index (χ4v) is 1.35. The van der Waals surface area contributed by atoms with Crippen LogP contribution in [0.5, 0.6) is 0 Å². The van der Waals surface area contributed by atoms with Crippen molar-refractivity contribution < 1.29 is 0 Å². The molecule has 2 aromatic rings. The Morgan fingerprint density at radius 2 is 2.31 bits per heavy atom. The summed E-state index contributed by atoms with van der Waals surface area (Å²) in [5.41, 5.74) is 2.11. The Kier molecular flexibility index (Phi) is 1.98. The summed E-state index contributed by atoms with van der Waals surface area (Å²) in [7, 11) is 1.93. The normalized spacial score (nSPS) is 10.9. The van der Waals surface area contributed by atoms with Crippen molar-refractivity contribution in [3.8, 4) is 0 Å². The lowest BCUT2D eigenvalue weighted by atomic mass is 10.3. The van der Waals surface area contributed by atoms with Gasteiger partial charge in [0.15, 0.2) is 5.65 Å². The highest BCUT2D eigenvalue weighted by Gasteiger charge is 1.99. The third-order valence-electron chi connectivity index (χ3n) is 1.88. The smallest absolute Gasteiger partial charge is 0.155 e. The second kappa shape index (κ2) is 3.14. The first-order valence-corrected chi connectivity index (χ1v) is 4.26. The summed E-state index contributed by atoms with van der Waals surface area (Å²) in [6.45, 7) is 2.75. The van der Waals surface area contributed by atoms with Gasteiger partial charge in [-0.3, -0.25) is 0 Å². The number of aryl methyl sites for hydroxylation is 1. The van der Waals surface area contributed by atoms with Crippen LogP contribution in [0.2, 0.25) is 0 Å². The van der Waals surface area contributed by atoms with Gasteiger partial charge in [-0.05, 0) is 25.6 Å². The molecule has 1 N–H and O–H groups in total. The van der Waals surface area contributed by atoms with Crippen molar-refractivity contribution in [3.63, 3.8) is 0 Å². The summed E-state index contributed by atoms with van der Waals surface area (Å²) in [5.74, 6) is 0.807. The number of nitrogens with zero attached hydrogens (tertiary/aromatic N) is 3. The van der Waals surface area contributed by atoms with E-state index in [9.17, 15) is 0 Å². The lowest BCUT2D eigenvalue weighted by Gasteiger charge is -1.98. The fraction of sp³-hybridized carbons (Fsp3) is 0.333. The van der Waals surface area contributed by atoms with Crippen molar-refractivity contribution in [2.45, 2.75) is 13.5 Å². The van der Waals surface area contributed by atoms with Crippen LogP contribution in [0.1, 0.15) is 11.4 Å². The molecule has 0 aliphatic rings. The molecule has 2 heterocycles. The molecule has 13 heavy (non-hydrogen) atoms. The molecule has 4 nitrogen and oxygen atoms in total. The highest BCUT2D eigenvalue weighted by molar-refractivity contribution is 5.38. The van der Waals surface area contributed by atoms with Gasteiger partial charge in [-0.1, -0.05) is 6.07 Å². The molecule has 4 heteroatoms. The van der Waals surface area contributed by atoms with Gasteiger partial charge in [-0.25, -0.2) is 9.50 Å². The van der Waals surface area contributed by atoms with Gasteiger partial charge in [0.2, 0.25) is 0 Å². The van der Waals surface area contributed by atoms with Crippen LogP contribution in [-0.4, -0.2) is 21.6 Å². The molecule has 2 aromatic heterocycles. The molecule has 0 aliphatic heterocycles. The maximum Gasteiger partial charge on any atom is 0.155 e. The van der Waals surface area contributed by atoms with Gasteiger partial charge in [-0.2, -0.15) is 5.10 Å². The van der Waals surface area contributed by atoms with Crippen molar-refractivity contribution in [2.24, 2.45) is 0 Å². The van der Waals surface area contributed by atoms with Crippen molar-refractivity contribution in [1.82, 2.24) is 19.9 Å². The van der Waals surface area contributed by atoms with Gasteiger partial charge in [0.1, 0.15) is 5.82 Å². The molecule has 0 amide bonds. The summed E-state index contributed by atoms with van der Waals surface area (Å²) in [6.07, 6.45) is 1.99. The molecule has 0 radical (unpaired) electrons. The topological polar surface area (TPSA) is 42.2 Å². The highest BCUT2D eigenvalue weighted by atomic mass is 15.3. The maximum atomic E-state index is 4.25. The molecule has 0 bridgehead atoms. The van der Waals surface area contributed by atoms with Crippen molar-refractivity contribution in [1.29, 1.82) is 0 Å². The van der Waals surface area contributed by atoms with Gasteiger partial charge >= 0.3 is 0 Å². The summed E-state index contributed by atoms with van der Waals surface area (Å²) in [5, 5.41) is 7.33. The fourth-order valence-electron chi connectivity index (χ4n) is 1.35. The van der Waals surface area contributed by atoms with Gasteiger partial charge in [0, 0.05) is 12.7 Å². The van der Waals surface area contributed by atoms with E-state index in [0.29, 0.717) is 0 Å². The second-order valence-corrected chi connectivity index (χ2v) is 3.03. The van der Waals surface area contributed by atoms with Crippen LogP contribution in [0.4, 0.5) is 0 Å². The maximum absolute atomic E-state index is 4.25. The first kappa shape index (κ1) is 8.19. The lowest BCUT2D eigenvalue weighted by Crippen LogP contribution is -2.05. The van der Waals surface area contributed by atoms with Gasteiger partial charge in [-0.15, -0.1) is 0 Å². The van der Waals surface area contributed by atoms with Crippen LogP contribution >= 0.6 is 0 Å². The van der Waals surface area contributed by atoms with E-state index >= 15 is 0 Å². The van der Waals surface area contributed by atoms with E-state index < -0.39 is 0 Å². The molecule has 0 unspecified atom stereocenters. The second-order valence-electron chi connectivity index (χ2n) is 3.03. The van der Waals surface area contributed by atoms with Crippen LogP contribution in [0.25, 0.3) is 5.65 Å². The average Bonchev–Trinajstić information content (AvgIpc) is 2.44. The molecule has 0 saturated heterocycles. The minimum absolute atomic E-state index is 0.807. The molecule has 0 spiro atoms. The predicted molar refractivity (Wildman–Crippen MR) is 50.5 cm³/mol. The molecule has 0 atom stereocenters. The van der Waals surface area contributed by atoms with E-state index in [2.05, 4.69) is 21.5 Å². The van der Waals surface area contributed by atoms with Crippen LogP contribution < -0.4 is 5.32 Å². The number of fused-ring (bicyclic) bond motifs is 1. The SMILES string of the molecule is CNCc1ccc2nc(C)nn2c1. The van der Waals surface area contributed by atoms with E-state index in [1.54, 1.807) is 0 Å². The van der Waals surface area contributed by atoms with Crippen LogP contribution in [0.15, 0.2) is 18.3 Å². The van der Waals surface area contributed by atoms with E-state index in [0.717, 1.165) is 18.0 Å². The average molecular weight is 176 g/mol. The third kappa shape index (κ3) is 1.53. The van der Waals surface area contributed by atoms with Crippen LogP contribution in [0, 0.1) is 6.92 Å². The molecule has 0 aromatic carbocycles. The Bertz CT molecular complexity index is 418. The molecule has 68 valence electrons. The first-order chi connectivity index (χ1) is 6.29. The number of rotatable bonds is 2. The van der Waals surface area contributed by atoms with Crippen molar-refractivity contribution in [2.75, 3.05) is 7.05 Å². The Morgan fingerprint density at radius 1 is 1.46 bits per heavy atom. The minimum atomic E-state index is 0.807. The van der Waals surface area contributed by atoms with Crippen molar-refractivity contribution in [3.05, 3.63) is 29.7 Å². The summed E-state index contributed by atoms with van der Waals surface area (Å²) in [6, 6.07) is 4.03. The monoisotopic (exact) mass is 176 g/mol. The van der Waals surface area contributed by atoms with Gasteiger partial charge in [0.25, 0.3) is 0 Å². The molecule has 2 rings (SSSR count). The molecular formula is C9H12N4. The van der Waals surface area contributed by atoms with E-state index in [-0.39, 0.29) is 0 Å². The van der Waals surface area contributed by atoms with Crippen LogP contribution in [0.3, 0.4) is 0 Å². The van der Waals surface area contributed by atoms with Crippen molar-refractivity contribution >= 4 is 5.65 Å². The highest BCUT2D eigenvalue weighted by Crippen LogP contribution is 2.03. The zero-order chi connectivity index (χ0) is 9.26. The predicted octanol–water partition coefficient (Wildman–Crippen LogP) is 0.757. The third-order valence-corrected chi connectivity index (χ3v) is 1.88. The van der Waals surface area contributed by atoms with Gasteiger partial charge < -0.3 is 5.32 Å². The number of pyridine rings is 1.